The molecule has 0 fully saturated rings. The van der Waals surface area contributed by atoms with Gasteiger partial charge in [0.25, 0.3) is 0 Å². The second-order valence-electron chi connectivity index (χ2n) is 7.31. The Hall–Kier alpha value is -1.80. The minimum atomic E-state index is 0.355. The number of ether oxygens (including phenoxy) is 1. The van der Waals surface area contributed by atoms with Crippen LogP contribution in [0.3, 0.4) is 0 Å². The molecule has 1 unspecified atom stereocenters. The van der Waals surface area contributed by atoms with Crippen LogP contribution in [0.15, 0.2) is 48.5 Å². The first-order valence-electron chi connectivity index (χ1n) is 9.01. The zero-order chi connectivity index (χ0) is 17.5. The van der Waals surface area contributed by atoms with Crippen LogP contribution in [-0.4, -0.2) is 13.2 Å². The summed E-state index contributed by atoms with van der Waals surface area (Å²) >= 11 is 0. The normalized spacial score (nSPS) is 12.6. The summed E-state index contributed by atoms with van der Waals surface area (Å²) in [5.74, 6) is 2.40. The molecule has 2 aromatic rings. The van der Waals surface area contributed by atoms with Crippen LogP contribution < -0.4 is 10.5 Å². The van der Waals surface area contributed by atoms with E-state index in [1.807, 2.05) is 0 Å². The van der Waals surface area contributed by atoms with Gasteiger partial charge in [0.2, 0.25) is 0 Å². The van der Waals surface area contributed by atoms with E-state index < -0.39 is 0 Å². The molecule has 0 radical (unpaired) electrons. The van der Waals surface area contributed by atoms with Gasteiger partial charge in [-0.3, -0.25) is 0 Å². The number of rotatable bonds is 8. The summed E-state index contributed by atoms with van der Waals surface area (Å²) < 4.78 is 5.75. The fourth-order valence-electron chi connectivity index (χ4n) is 2.76. The van der Waals surface area contributed by atoms with E-state index >= 15 is 0 Å². The summed E-state index contributed by atoms with van der Waals surface area (Å²) in [7, 11) is 0. The second-order valence-corrected chi connectivity index (χ2v) is 7.31. The molecule has 1 atom stereocenters. The maximum Gasteiger partial charge on any atom is 0.119 e. The van der Waals surface area contributed by atoms with Crippen LogP contribution in [0, 0.1) is 5.92 Å². The molecule has 2 aromatic carbocycles. The summed E-state index contributed by atoms with van der Waals surface area (Å²) in [5, 5.41) is 0. The van der Waals surface area contributed by atoms with Crippen molar-refractivity contribution in [2.24, 2.45) is 11.7 Å². The van der Waals surface area contributed by atoms with E-state index in [9.17, 15) is 0 Å². The fourth-order valence-corrected chi connectivity index (χ4v) is 2.76. The van der Waals surface area contributed by atoms with Gasteiger partial charge >= 0.3 is 0 Å². The van der Waals surface area contributed by atoms with Crippen LogP contribution >= 0.6 is 0 Å². The molecular weight excluding hydrogens is 294 g/mol. The van der Waals surface area contributed by atoms with E-state index in [-0.39, 0.29) is 0 Å². The molecule has 0 aromatic heterocycles. The third-order valence-corrected chi connectivity index (χ3v) is 4.35. The van der Waals surface area contributed by atoms with Gasteiger partial charge in [0.05, 0.1) is 6.61 Å². The average Bonchev–Trinajstić information content (AvgIpc) is 2.59. The maximum absolute atomic E-state index is 6.04. The van der Waals surface area contributed by atoms with Crippen molar-refractivity contribution < 1.29 is 4.74 Å². The molecule has 24 heavy (non-hydrogen) atoms. The van der Waals surface area contributed by atoms with E-state index in [2.05, 4.69) is 76.2 Å². The lowest BCUT2D eigenvalue weighted by Gasteiger charge is -2.17. The Morgan fingerprint density at radius 2 is 1.42 bits per heavy atom. The highest BCUT2D eigenvalue weighted by atomic mass is 16.5. The molecule has 2 nitrogen and oxygen atoms in total. The molecule has 2 N–H and O–H groups in total. The minimum absolute atomic E-state index is 0.355. The predicted octanol–water partition coefficient (Wildman–Crippen LogP) is 5.13. The Bertz CT molecular complexity index is 599. The molecular formula is C22H31NO. The van der Waals surface area contributed by atoms with Crippen molar-refractivity contribution in [1.82, 2.24) is 0 Å². The topological polar surface area (TPSA) is 35.2 Å². The summed E-state index contributed by atoms with van der Waals surface area (Å²) in [6.07, 6.45) is 0.960. The Morgan fingerprint density at radius 1 is 0.833 bits per heavy atom. The molecule has 2 heteroatoms. The van der Waals surface area contributed by atoms with Crippen LogP contribution in [-0.2, 0) is 6.42 Å². The standard InChI is InChI=1S/C22H31NO/c1-16(2)15-24-22-11-5-18(6-12-22)13-21(14-23)20-9-7-19(8-10-20)17(3)4/h5-12,16-17,21H,13-15,23H2,1-4H3. The third kappa shape index (κ3) is 5.38. The molecule has 0 aliphatic heterocycles. The van der Waals surface area contributed by atoms with Crippen LogP contribution in [0.4, 0.5) is 0 Å². The largest absolute Gasteiger partial charge is 0.493 e. The Labute approximate surface area is 147 Å². The zero-order valence-electron chi connectivity index (χ0n) is 15.5. The molecule has 130 valence electrons. The molecule has 0 saturated heterocycles. The highest BCUT2D eigenvalue weighted by Gasteiger charge is 2.11. The molecule has 0 saturated carbocycles. The maximum atomic E-state index is 6.04. The smallest absolute Gasteiger partial charge is 0.119 e. The van der Waals surface area contributed by atoms with Crippen LogP contribution in [0.2, 0.25) is 0 Å². The van der Waals surface area contributed by atoms with Crippen LogP contribution in [0.1, 0.15) is 56.2 Å². The summed E-state index contributed by atoms with van der Waals surface area (Å²) in [6.45, 7) is 10.2. The first kappa shape index (κ1) is 18.5. The average molecular weight is 325 g/mol. The van der Waals surface area contributed by atoms with Crippen molar-refractivity contribution in [3.05, 3.63) is 65.2 Å². The summed E-state index contributed by atoms with van der Waals surface area (Å²) in [5.41, 5.74) is 10.0. The van der Waals surface area contributed by atoms with E-state index in [1.54, 1.807) is 0 Å². The highest BCUT2D eigenvalue weighted by Crippen LogP contribution is 2.24. The molecule has 0 spiro atoms. The molecule has 0 aliphatic rings. The lowest BCUT2D eigenvalue weighted by atomic mass is 9.90. The first-order chi connectivity index (χ1) is 11.5. The van der Waals surface area contributed by atoms with Gasteiger partial charge in [-0.25, -0.2) is 0 Å². The lowest BCUT2D eigenvalue weighted by molar-refractivity contribution is 0.271. The van der Waals surface area contributed by atoms with E-state index in [1.165, 1.54) is 16.7 Å². The number of benzene rings is 2. The highest BCUT2D eigenvalue weighted by molar-refractivity contribution is 5.31. The Morgan fingerprint density at radius 3 is 1.92 bits per heavy atom. The Kier molecular flexibility index (Phi) is 6.86. The predicted molar refractivity (Wildman–Crippen MR) is 103 cm³/mol. The van der Waals surface area contributed by atoms with Gasteiger partial charge in [-0.15, -0.1) is 0 Å². The van der Waals surface area contributed by atoms with Crippen molar-refractivity contribution in [3.8, 4) is 5.75 Å². The van der Waals surface area contributed by atoms with Crippen LogP contribution in [0.25, 0.3) is 0 Å². The summed E-state index contributed by atoms with van der Waals surface area (Å²) in [6, 6.07) is 17.3. The van der Waals surface area contributed by atoms with E-state index in [4.69, 9.17) is 10.5 Å². The van der Waals surface area contributed by atoms with Gasteiger partial charge in [-0.05, 0) is 53.6 Å². The van der Waals surface area contributed by atoms with Gasteiger partial charge in [0, 0.05) is 5.92 Å². The van der Waals surface area contributed by atoms with Crippen LogP contribution in [0.5, 0.6) is 5.75 Å². The minimum Gasteiger partial charge on any atom is -0.493 e. The molecule has 0 amide bonds. The number of hydrogen-bond donors (Lipinski definition) is 1. The number of hydrogen-bond acceptors (Lipinski definition) is 2. The van der Waals surface area contributed by atoms with Gasteiger partial charge in [-0.2, -0.15) is 0 Å². The van der Waals surface area contributed by atoms with Crippen molar-refractivity contribution in [1.29, 1.82) is 0 Å². The quantitative estimate of drug-likeness (QED) is 0.730. The molecule has 0 aliphatic carbocycles. The van der Waals surface area contributed by atoms with Gasteiger partial charge in [0.1, 0.15) is 5.75 Å². The fraction of sp³-hybridized carbons (Fsp3) is 0.455. The number of nitrogens with two attached hydrogens (primary N) is 1. The van der Waals surface area contributed by atoms with Crippen molar-refractivity contribution >= 4 is 0 Å². The van der Waals surface area contributed by atoms with E-state index in [0.29, 0.717) is 24.3 Å². The Balaban J connectivity index is 2.01. The second kappa shape index (κ2) is 8.89. The van der Waals surface area contributed by atoms with Crippen molar-refractivity contribution in [3.63, 3.8) is 0 Å². The van der Waals surface area contributed by atoms with Gasteiger partial charge in [0.15, 0.2) is 0 Å². The molecule has 0 bridgehead atoms. The van der Waals surface area contributed by atoms with E-state index in [0.717, 1.165) is 18.8 Å². The monoisotopic (exact) mass is 325 g/mol. The van der Waals surface area contributed by atoms with Crippen molar-refractivity contribution in [2.45, 2.75) is 46.0 Å². The first-order valence-corrected chi connectivity index (χ1v) is 9.01. The SMILES string of the molecule is CC(C)COc1ccc(CC(CN)c2ccc(C(C)C)cc2)cc1. The lowest BCUT2D eigenvalue weighted by Crippen LogP contribution is -2.15. The summed E-state index contributed by atoms with van der Waals surface area (Å²) in [4.78, 5) is 0. The zero-order valence-corrected chi connectivity index (χ0v) is 15.5. The van der Waals surface area contributed by atoms with Gasteiger partial charge < -0.3 is 10.5 Å². The third-order valence-electron chi connectivity index (χ3n) is 4.35. The molecule has 0 heterocycles. The van der Waals surface area contributed by atoms with Gasteiger partial charge in [-0.1, -0.05) is 64.1 Å². The molecule has 2 rings (SSSR count). The van der Waals surface area contributed by atoms with Crippen molar-refractivity contribution in [2.75, 3.05) is 13.2 Å².